The van der Waals surface area contributed by atoms with Gasteiger partial charge in [0, 0.05) is 16.0 Å². The molecule has 0 unspecified atom stereocenters. The fourth-order valence-electron chi connectivity index (χ4n) is 3.35. The van der Waals surface area contributed by atoms with E-state index >= 15 is 0 Å². The van der Waals surface area contributed by atoms with Crippen molar-refractivity contribution in [3.05, 3.63) is 58.1 Å². The fraction of sp³-hybridized carbons (Fsp3) is 0.318. The summed E-state index contributed by atoms with van der Waals surface area (Å²) in [6.45, 7) is -0.0123. The lowest BCUT2D eigenvalue weighted by atomic mass is 9.99. The van der Waals surface area contributed by atoms with E-state index in [9.17, 15) is 18.0 Å². The van der Waals surface area contributed by atoms with E-state index in [-0.39, 0.29) is 17.4 Å². The SMILES string of the molecule is COc1ccc(CN2C(=O)N(C(F)(F)F)[C@H](C#CC3CC3)c3ccc(Br)cc32)cc1. The maximum absolute atomic E-state index is 14.0. The topological polar surface area (TPSA) is 32.8 Å². The standard InChI is InChI=1S/C22H18BrF3N2O2/c1-30-17-8-4-15(5-9-17)13-27-20-12-16(23)7-10-18(20)19(11-6-14-2-3-14)28(21(27)29)22(24,25)26/h4-5,7-10,12,14,19H,2-3,13H2,1H3/t19-/m1/s1. The Morgan fingerprint density at radius 3 is 2.43 bits per heavy atom. The summed E-state index contributed by atoms with van der Waals surface area (Å²) in [6, 6.07) is 9.27. The van der Waals surface area contributed by atoms with Crippen molar-refractivity contribution in [2.24, 2.45) is 5.92 Å². The number of hydrogen-bond acceptors (Lipinski definition) is 2. The molecular formula is C22H18BrF3N2O2. The van der Waals surface area contributed by atoms with Crippen molar-refractivity contribution in [1.82, 2.24) is 4.90 Å². The number of halogens is 4. The number of fused-ring (bicyclic) bond motifs is 1. The zero-order chi connectivity index (χ0) is 21.5. The molecule has 2 amide bonds. The Bertz CT molecular complexity index is 1020. The number of hydrogen-bond donors (Lipinski definition) is 0. The van der Waals surface area contributed by atoms with E-state index in [0.29, 0.717) is 27.0 Å². The monoisotopic (exact) mass is 478 g/mol. The van der Waals surface area contributed by atoms with Gasteiger partial charge in [0.05, 0.1) is 19.3 Å². The van der Waals surface area contributed by atoms with Gasteiger partial charge >= 0.3 is 12.3 Å². The number of methoxy groups -OCH3 is 1. The summed E-state index contributed by atoms with van der Waals surface area (Å²) in [6.07, 6.45) is -3.09. The number of ether oxygens (including phenoxy) is 1. The third-order valence-corrected chi connectivity index (χ3v) is 5.54. The molecule has 1 atom stereocenters. The summed E-state index contributed by atoms with van der Waals surface area (Å²) in [5.74, 6) is 6.36. The van der Waals surface area contributed by atoms with E-state index in [0.717, 1.165) is 17.7 Å². The summed E-state index contributed by atoms with van der Waals surface area (Å²) < 4.78 is 47.6. The molecule has 0 bridgehead atoms. The number of carbonyl (C=O) groups is 1. The van der Waals surface area contributed by atoms with Gasteiger partial charge in [0.1, 0.15) is 11.8 Å². The third-order valence-electron chi connectivity index (χ3n) is 5.05. The Hall–Kier alpha value is -2.66. The summed E-state index contributed by atoms with van der Waals surface area (Å²) in [4.78, 5) is 14.1. The van der Waals surface area contributed by atoms with Gasteiger partial charge in [0.15, 0.2) is 0 Å². The van der Waals surface area contributed by atoms with Gasteiger partial charge in [-0.25, -0.2) is 9.69 Å². The zero-order valence-corrected chi connectivity index (χ0v) is 17.6. The average Bonchev–Trinajstić information content (AvgIpc) is 3.52. The number of anilines is 1. The lowest BCUT2D eigenvalue weighted by Gasteiger charge is -2.41. The summed E-state index contributed by atoms with van der Waals surface area (Å²) in [5.41, 5.74) is 1.46. The molecular weight excluding hydrogens is 461 g/mol. The Morgan fingerprint density at radius 1 is 1.13 bits per heavy atom. The second-order valence-corrected chi connectivity index (χ2v) is 8.14. The molecule has 0 aromatic heterocycles. The Kier molecular flexibility index (Phi) is 5.41. The first-order chi connectivity index (χ1) is 14.3. The maximum atomic E-state index is 14.0. The minimum absolute atomic E-state index is 0.0123. The quantitative estimate of drug-likeness (QED) is 0.407. The van der Waals surface area contributed by atoms with Crippen molar-refractivity contribution in [1.29, 1.82) is 0 Å². The van der Waals surface area contributed by atoms with Crippen molar-refractivity contribution in [2.75, 3.05) is 12.0 Å². The van der Waals surface area contributed by atoms with Crippen molar-refractivity contribution in [3.63, 3.8) is 0 Å². The van der Waals surface area contributed by atoms with Gasteiger partial charge in [-0.1, -0.05) is 46.0 Å². The molecule has 4 nitrogen and oxygen atoms in total. The van der Waals surface area contributed by atoms with Crippen LogP contribution in [0.15, 0.2) is 46.9 Å². The predicted molar refractivity (Wildman–Crippen MR) is 110 cm³/mol. The van der Waals surface area contributed by atoms with E-state index in [1.807, 2.05) is 0 Å². The van der Waals surface area contributed by atoms with Gasteiger partial charge in [0.2, 0.25) is 0 Å². The fourth-order valence-corrected chi connectivity index (χ4v) is 3.70. The van der Waals surface area contributed by atoms with Crippen LogP contribution in [-0.2, 0) is 6.54 Å². The van der Waals surface area contributed by atoms with Crippen LogP contribution in [0.4, 0.5) is 23.7 Å². The van der Waals surface area contributed by atoms with Crippen LogP contribution in [0.1, 0.15) is 30.0 Å². The van der Waals surface area contributed by atoms with Crippen LogP contribution in [0.3, 0.4) is 0 Å². The van der Waals surface area contributed by atoms with Crippen molar-refractivity contribution < 1.29 is 22.7 Å². The van der Waals surface area contributed by atoms with Crippen molar-refractivity contribution >= 4 is 27.6 Å². The normalized spacial score (nSPS) is 18.6. The second kappa shape index (κ2) is 7.88. The van der Waals surface area contributed by atoms with E-state index in [1.165, 1.54) is 7.11 Å². The summed E-state index contributed by atoms with van der Waals surface area (Å²) >= 11 is 3.36. The molecule has 1 saturated carbocycles. The predicted octanol–water partition coefficient (Wildman–Crippen LogP) is 5.87. The summed E-state index contributed by atoms with van der Waals surface area (Å²) in [5, 5.41) is 0. The smallest absolute Gasteiger partial charge is 0.489 e. The number of amides is 2. The molecule has 8 heteroatoms. The molecule has 4 rings (SSSR count). The van der Waals surface area contributed by atoms with Crippen LogP contribution in [0.5, 0.6) is 5.75 Å². The van der Waals surface area contributed by atoms with Crippen LogP contribution in [-0.4, -0.2) is 24.3 Å². The molecule has 156 valence electrons. The number of alkyl halides is 3. The first-order valence-corrected chi connectivity index (χ1v) is 10.2. The molecule has 1 fully saturated rings. The van der Waals surface area contributed by atoms with Crippen molar-refractivity contribution in [2.45, 2.75) is 31.7 Å². The van der Waals surface area contributed by atoms with Crippen molar-refractivity contribution in [3.8, 4) is 17.6 Å². The zero-order valence-electron chi connectivity index (χ0n) is 16.0. The van der Waals surface area contributed by atoms with Crippen LogP contribution in [0, 0.1) is 17.8 Å². The highest BCUT2D eigenvalue weighted by atomic mass is 79.9. The molecule has 2 aromatic carbocycles. The van der Waals surface area contributed by atoms with Gasteiger partial charge in [0.25, 0.3) is 0 Å². The first kappa shape index (κ1) is 20.6. The number of urea groups is 1. The third kappa shape index (κ3) is 4.12. The van der Waals surface area contributed by atoms with E-state index in [4.69, 9.17) is 4.74 Å². The highest BCUT2D eigenvalue weighted by Crippen LogP contribution is 2.44. The average molecular weight is 479 g/mol. The lowest BCUT2D eigenvalue weighted by Crippen LogP contribution is -2.54. The van der Waals surface area contributed by atoms with E-state index in [1.54, 1.807) is 42.5 Å². The number of nitrogens with zero attached hydrogens (tertiary/aromatic N) is 2. The molecule has 2 aromatic rings. The molecule has 1 heterocycles. The molecule has 0 spiro atoms. The minimum atomic E-state index is -4.86. The van der Waals surface area contributed by atoms with E-state index in [2.05, 4.69) is 27.8 Å². The second-order valence-electron chi connectivity index (χ2n) is 7.22. The molecule has 1 aliphatic heterocycles. The largest absolute Gasteiger partial charge is 0.497 e. The Morgan fingerprint density at radius 2 is 1.83 bits per heavy atom. The van der Waals surface area contributed by atoms with Gasteiger partial charge in [-0.2, -0.15) is 0 Å². The van der Waals surface area contributed by atoms with Crippen LogP contribution >= 0.6 is 15.9 Å². The van der Waals surface area contributed by atoms with Gasteiger partial charge in [-0.3, -0.25) is 4.90 Å². The summed E-state index contributed by atoms with van der Waals surface area (Å²) in [7, 11) is 1.53. The van der Waals surface area contributed by atoms with Crippen LogP contribution in [0.25, 0.3) is 0 Å². The Labute approximate surface area is 180 Å². The van der Waals surface area contributed by atoms with Gasteiger partial charge in [-0.15, -0.1) is 13.2 Å². The molecule has 1 aliphatic carbocycles. The number of benzene rings is 2. The highest BCUT2D eigenvalue weighted by molar-refractivity contribution is 9.10. The lowest BCUT2D eigenvalue weighted by molar-refractivity contribution is -0.231. The molecule has 0 radical (unpaired) electrons. The van der Waals surface area contributed by atoms with E-state index < -0.39 is 18.4 Å². The van der Waals surface area contributed by atoms with Gasteiger partial charge < -0.3 is 4.74 Å². The molecule has 2 aliphatic rings. The maximum Gasteiger partial charge on any atom is 0.489 e. The minimum Gasteiger partial charge on any atom is -0.497 e. The van der Waals surface area contributed by atoms with Crippen LogP contribution in [0.2, 0.25) is 0 Å². The first-order valence-electron chi connectivity index (χ1n) is 9.39. The number of rotatable bonds is 3. The molecule has 0 saturated heterocycles. The number of carbonyl (C=O) groups excluding carboxylic acids is 1. The van der Waals surface area contributed by atoms with Crippen LogP contribution < -0.4 is 9.64 Å². The highest BCUT2D eigenvalue weighted by Gasteiger charge is 2.51. The Balaban J connectivity index is 1.79. The molecule has 0 N–H and O–H groups in total. The van der Waals surface area contributed by atoms with Gasteiger partial charge in [-0.05, 0) is 42.7 Å². The molecule has 30 heavy (non-hydrogen) atoms.